The van der Waals surface area contributed by atoms with Crippen molar-refractivity contribution >= 4 is 40.4 Å². The van der Waals surface area contributed by atoms with E-state index in [0.29, 0.717) is 61.6 Å². The first-order valence-corrected chi connectivity index (χ1v) is 13.8. The van der Waals surface area contributed by atoms with Crippen molar-refractivity contribution in [2.75, 3.05) is 55.5 Å². The molecule has 1 aromatic carbocycles. The number of thiophene rings is 1. The van der Waals surface area contributed by atoms with Crippen LogP contribution in [0, 0.1) is 0 Å². The van der Waals surface area contributed by atoms with Crippen molar-refractivity contribution in [3.05, 3.63) is 41.4 Å². The van der Waals surface area contributed by atoms with E-state index < -0.39 is 17.8 Å². The van der Waals surface area contributed by atoms with Gasteiger partial charge in [-0.15, -0.1) is 11.3 Å². The number of nitrogens with one attached hydrogen (secondary N) is 1. The van der Waals surface area contributed by atoms with E-state index >= 15 is 0 Å². The van der Waals surface area contributed by atoms with E-state index in [1.165, 1.54) is 11.3 Å². The van der Waals surface area contributed by atoms with Crippen LogP contribution in [0.15, 0.2) is 40.9 Å². The number of halogens is 3. The van der Waals surface area contributed by atoms with E-state index in [9.17, 15) is 18.0 Å². The maximum Gasteiger partial charge on any atom is 0.433 e. The van der Waals surface area contributed by atoms with Crippen molar-refractivity contribution in [1.82, 2.24) is 9.97 Å². The standard InChI is InChI=1S/C25H27F3N4O4S2/c1-3-35-19-14-18(32-7-9-34-10-8-32)20(36-4-2)12-16(19)29-23(33)15-38-24-30-17(21-6-5-11-37-21)13-22(31-24)25(26,27)28/h5-6,11-14H,3-4,7-10,15H2,1-2H3,(H,29,33). The predicted octanol–water partition coefficient (Wildman–Crippen LogP) is 5.59. The molecule has 1 saturated heterocycles. The highest BCUT2D eigenvalue weighted by Crippen LogP contribution is 2.39. The van der Waals surface area contributed by atoms with Gasteiger partial charge >= 0.3 is 6.18 Å². The number of thioether (sulfide) groups is 1. The fourth-order valence-corrected chi connectivity index (χ4v) is 5.09. The molecule has 0 saturated carbocycles. The fourth-order valence-electron chi connectivity index (χ4n) is 3.75. The molecule has 1 N–H and O–H groups in total. The summed E-state index contributed by atoms with van der Waals surface area (Å²) in [5.74, 6) is 0.399. The number of carbonyl (C=O) groups excluding carboxylic acids is 1. The molecule has 1 amide bonds. The molecule has 1 fully saturated rings. The highest BCUT2D eigenvalue weighted by atomic mass is 32.2. The number of benzene rings is 1. The van der Waals surface area contributed by atoms with Gasteiger partial charge in [0.1, 0.15) is 17.2 Å². The fraction of sp³-hybridized carbons (Fsp3) is 0.400. The summed E-state index contributed by atoms with van der Waals surface area (Å²) in [6.07, 6.45) is -4.64. The Labute approximate surface area is 226 Å². The van der Waals surface area contributed by atoms with E-state index in [0.717, 1.165) is 23.5 Å². The quantitative estimate of drug-likeness (QED) is 0.250. The molecule has 0 atom stereocenters. The van der Waals surface area contributed by atoms with Crippen molar-refractivity contribution in [2.24, 2.45) is 0 Å². The highest BCUT2D eigenvalue weighted by Gasteiger charge is 2.34. The molecule has 3 aromatic rings. The van der Waals surface area contributed by atoms with E-state index in [2.05, 4.69) is 20.2 Å². The van der Waals surface area contributed by atoms with Gasteiger partial charge in [-0.1, -0.05) is 17.8 Å². The van der Waals surface area contributed by atoms with Crippen LogP contribution < -0.4 is 19.7 Å². The maximum atomic E-state index is 13.4. The van der Waals surface area contributed by atoms with Gasteiger partial charge in [-0.05, 0) is 31.4 Å². The molecule has 0 unspecified atom stereocenters. The van der Waals surface area contributed by atoms with Gasteiger partial charge in [0.15, 0.2) is 5.16 Å². The zero-order chi connectivity index (χ0) is 27.1. The summed E-state index contributed by atoms with van der Waals surface area (Å²) in [5.41, 5.74) is 0.341. The largest absolute Gasteiger partial charge is 0.492 e. The summed E-state index contributed by atoms with van der Waals surface area (Å²) in [7, 11) is 0. The lowest BCUT2D eigenvalue weighted by atomic mass is 10.2. The molecule has 1 aliphatic heterocycles. The number of morpholine rings is 1. The molecule has 38 heavy (non-hydrogen) atoms. The monoisotopic (exact) mass is 568 g/mol. The highest BCUT2D eigenvalue weighted by molar-refractivity contribution is 7.99. The van der Waals surface area contributed by atoms with Crippen LogP contribution in [-0.4, -0.2) is 61.1 Å². The number of anilines is 2. The van der Waals surface area contributed by atoms with E-state index in [4.69, 9.17) is 14.2 Å². The van der Waals surface area contributed by atoms with Crippen LogP contribution in [0.5, 0.6) is 11.5 Å². The zero-order valence-corrected chi connectivity index (χ0v) is 22.5. The number of nitrogens with zero attached hydrogens (tertiary/aromatic N) is 3. The molecule has 13 heteroatoms. The van der Waals surface area contributed by atoms with Crippen molar-refractivity contribution in [2.45, 2.75) is 25.2 Å². The van der Waals surface area contributed by atoms with Crippen LogP contribution in [0.1, 0.15) is 19.5 Å². The molecule has 3 heterocycles. The Morgan fingerprint density at radius 2 is 1.87 bits per heavy atom. The minimum Gasteiger partial charge on any atom is -0.492 e. The van der Waals surface area contributed by atoms with Crippen LogP contribution >= 0.6 is 23.1 Å². The summed E-state index contributed by atoms with van der Waals surface area (Å²) in [4.78, 5) is 23.4. The smallest absolute Gasteiger partial charge is 0.433 e. The van der Waals surface area contributed by atoms with Gasteiger partial charge in [-0.2, -0.15) is 13.2 Å². The summed E-state index contributed by atoms with van der Waals surface area (Å²) < 4.78 is 57.4. The van der Waals surface area contributed by atoms with Gasteiger partial charge in [0, 0.05) is 25.2 Å². The van der Waals surface area contributed by atoms with E-state index in [1.807, 2.05) is 19.9 Å². The molecule has 8 nitrogen and oxygen atoms in total. The molecule has 4 rings (SSSR count). The Balaban J connectivity index is 1.53. The van der Waals surface area contributed by atoms with E-state index in [1.54, 1.807) is 23.6 Å². The third-order valence-corrected chi connectivity index (χ3v) is 7.13. The molecule has 0 radical (unpaired) electrons. The number of carbonyl (C=O) groups is 1. The Bertz CT molecular complexity index is 1240. The lowest BCUT2D eigenvalue weighted by molar-refractivity contribution is -0.141. The van der Waals surface area contributed by atoms with Crippen molar-refractivity contribution in [1.29, 1.82) is 0 Å². The molecular weight excluding hydrogens is 541 g/mol. The molecular formula is C25H27F3N4O4S2. The summed E-state index contributed by atoms with van der Waals surface area (Å²) in [6, 6.07) is 7.85. The Morgan fingerprint density at radius 1 is 1.13 bits per heavy atom. The van der Waals surface area contributed by atoms with Gasteiger partial charge in [0.2, 0.25) is 5.91 Å². The number of alkyl halides is 3. The van der Waals surface area contributed by atoms with Crippen LogP contribution in [0.3, 0.4) is 0 Å². The normalized spacial score (nSPS) is 13.9. The Morgan fingerprint density at radius 3 is 2.53 bits per heavy atom. The molecule has 2 aromatic heterocycles. The Hall–Kier alpha value is -3.03. The van der Waals surface area contributed by atoms with Gasteiger partial charge in [0.05, 0.1) is 54.1 Å². The zero-order valence-electron chi connectivity index (χ0n) is 20.8. The molecule has 0 aliphatic carbocycles. The van der Waals surface area contributed by atoms with Crippen molar-refractivity contribution in [3.63, 3.8) is 0 Å². The second-order valence-corrected chi connectivity index (χ2v) is 9.90. The minimum absolute atomic E-state index is 0.138. The van der Waals surface area contributed by atoms with Gasteiger partial charge < -0.3 is 24.4 Å². The number of hydrogen-bond donors (Lipinski definition) is 1. The number of rotatable bonds is 10. The summed E-state index contributed by atoms with van der Waals surface area (Å²) >= 11 is 2.10. The van der Waals surface area contributed by atoms with E-state index in [-0.39, 0.29) is 16.6 Å². The van der Waals surface area contributed by atoms with Crippen molar-refractivity contribution < 1.29 is 32.2 Å². The molecule has 0 bridgehead atoms. The third kappa shape index (κ3) is 7.08. The van der Waals surface area contributed by atoms with Crippen LogP contribution in [-0.2, 0) is 15.7 Å². The van der Waals surface area contributed by atoms with Gasteiger partial charge in [0.25, 0.3) is 0 Å². The maximum absolute atomic E-state index is 13.4. The molecule has 1 aliphatic rings. The number of amides is 1. The first-order valence-electron chi connectivity index (χ1n) is 12.0. The van der Waals surface area contributed by atoms with Crippen LogP contribution in [0.2, 0.25) is 0 Å². The van der Waals surface area contributed by atoms with Gasteiger partial charge in [-0.25, -0.2) is 9.97 Å². The predicted molar refractivity (Wildman–Crippen MR) is 142 cm³/mol. The topological polar surface area (TPSA) is 85.8 Å². The number of ether oxygens (including phenoxy) is 3. The first kappa shape index (κ1) is 28.0. The second kappa shape index (κ2) is 12.7. The number of aromatic nitrogens is 2. The first-order chi connectivity index (χ1) is 18.3. The lowest BCUT2D eigenvalue weighted by Crippen LogP contribution is -2.36. The third-order valence-electron chi connectivity index (χ3n) is 5.39. The average molecular weight is 569 g/mol. The molecule has 204 valence electrons. The molecule has 0 spiro atoms. The second-order valence-electron chi connectivity index (χ2n) is 8.01. The van der Waals surface area contributed by atoms with Gasteiger partial charge in [-0.3, -0.25) is 4.79 Å². The van der Waals surface area contributed by atoms with Crippen LogP contribution in [0.25, 0.3) is 10.6 Å². The lowest BCUT2D eigenvalue weighted by Gasteiger charge is -2.31. The summed E-state index contributed by atoms with van der Waals surface area (Å²) in [5, 5.41) is 4.41. The minimum atomic E-state index is -4.64. The SMILES string of the molecule is CCOc1cc(N2CCOCC2)c(OCC)cc1NC(=O)CSc1nc(-c2cccs2)cc(C(F)(F)F)n1. The number of hydrogen-bond acceptors (Lipinski definition) is 9. The Kier molecular flexibility index (Phi) is 9.34. The van der Waals surface area contributed by atoms with Crippen LogP contribution in [0.4, 0.5) is 24.5 Å². The van der Waals surface area contributed by atoms with Crippen molar-refractivity contribution in [3.8, 4) is 22.1 Å². The average Bonchev–Trinajstić information content (AvgIpc) is 3.44. The summed E-state index contributed by atoms with van der Waals surface area (Å²) in [6.45, 7) is 7.08.